The Morgan fingerprint density at radius 3 is 2.44 bits per heavy atom. The van der Waals surface area contributed by atoms with Gasteiger partial charge in [-0.05, 0) is 45.7 Å². The summed E-state index contributed by atoms with van der Waals surface area (Å²) in [6.07, 6.45) is 5.36. The lowest BCUT2D eigenvalue weighted by Crippen LogP contribution is -2.46. The fraction of sp³-hybridized carbons (Fsp3) is 0.917. The van der Waals surface area contributed by atoms with Crippen LogP contribution in [0.15, 0.2) is 4.99 Å². The van der Waals surface area contributed by atoms with Crippen LogP contribution in [0.3, 0.4) is 0 Å². The highest BCUT2D eigenvalue weighted by Gasteiger charge is 2.32. The molecule has 0 aromatic carbocycles. The zero-order chi connectivity index (χ0) is 11.5. The Morgan fingerprint density at radius 1 is 1.31 bits per heavy atom. The van der Waals surface area contributed by atoms with Crippen molar-refractivity contribution in [3.05, 3.63) is 0 Å². The van der Waals surface area contributed by atoms with Gasteiger partial charge in [-0.15, -0.1) is 0 Å². The number of likely N-dealkylation sites (N-methyl/N-ethyl adjacent to an activating group) is 1. The largest absolute Gasteiger partial charge is 0.355 e. The van der Waals surface area contributed by atoms with E-state index in [2.05, 4.69) is 34.6 Å². The molecule has 1 atom stereocenters. The van der Waals surface area contributed by atoms with Gasteiger partial charge in [-0.2, -0.15) is 0 Å². The van der Waals surface area contributed by atoms with Crippen LogP contribution in [0, 0.1) is 5.92 Å². The molecule has 4 heteroatoms. The first-order valence-corrected chi connectivity index (χ1v) is 6.34. The summed E-state index contributed by atoms with van der Waals surface area (Å²) in [5, 5.41) is 6.86. The molecule has 1 unspecified atom stereocenters. The molecule has 0 bridgehead atoms. The van der Waals surface area contributed by atoms with E-state index in [1.807, 2.05) is 7.05 Å². The van der Waals surface area contributed by atoms with Crippen molar-refractivity contribution in [1.29, 1.82) is 0 Å². The van der Waals surface area contributed by atoms with Crippen molar-refractivity contribution in [2.24, 2.45) is 10.9 Å². The Bertz CT molecular complexity index is 252. The van der Waals surface area contributed by atoms with Crippen molar-refractivity contribution in [2.75, 3.05) is 27.7 Å². The van der Waals surface area contributed by atoms with E-state index < -0.39 is 0 Å². The Kier molecular flexibility index (Phi) is 3.69. The monoisotopic (exact) mass is 224 g/mol. The first kappa shape index (κ1) is 11.7. The van der Waals surface area contributed by atoms with Crippen LogP contribution < -0.4 is 10.6 Å². The summed E-state index contributed by atoms with van der Waals surface area (Å²) in [6.45, 7) is 1.00. The van der Waals surface area contributed by atoms with Gasteiger partial charge in [0.25, 0.3) is 0 Å². The quantitative estimate of drug-likeness (QED) is 0.532. The standard InChI is InChI=1S/C12H24N4/c1-13-12(15-10-6-7-10)14-8-11(16(2)3)9-4-5-9/h9-11H,4-8H2,1-3H3,(H2,13,14,15). The highest BCUT2D eigenvalue weighted by molar-refractivity contribution is 5.80. The molecule has 4 nitrogen and oxygen atoms in total. The van der Waals surface area contributed by atoms with Gasteiger partial charge in [0, 0.05) is 25.7 Å². The highest BCUT2D eigenvalue weighted by Crippen LogP contribution is 2.34. The number of hydrogen-bond donors (Lipinski definition) is 2. The summed E-state index contributed by atoms with van der Waals surface area (Å²) in [6, 6.07) is 1.32. The summed E-state index contributed by atoms with van der Waals surface area (Å²) in [4.78, 5) is 6.58. The van der Waals surface area contributed by atoms with Gasteiger partial charge < -0.3 is 15.5 Å². The molecule has 0 spiro atoms. The van der Waals surface area contributed by atoms with Crippen LogP contribution in [0.2, 0.25) is 0 Å². The molecule has 0 aliphatic heterocycles. The third-order valence-corrected chi connectivity index (χ3v) is 3.45. The third-order valence-electron chi connectivity index (χ3n) is 3.45. The van der Waals surface area contributed by atoms with Crippen LogP contribution in [-0.2, 0) is 0 Å². The molecule has 2 saturated carbocycles. The van der Waals surface area contributed by atoms with Gasteiger partial charge in [0.2, 0.25) is 0 Å². The smallest absolute Gasteiger partial charge is 0.191 e. The lowest BCUT2D eigenvalue weighted by Gasteiger charge is -2.25. The second-order valence-electron chi connectivity index (χ2n) is 5.24. The second-order valence-corrected chi connectivity index (χ2v) is 5.24. The lowest BCUT2D eigenvalue weighted by molar-refractivity contribution is 0.264. The molecule has 2 aliphatic carbocycles. The van der Waals surface area contributed by atoms with E-state index >= 15 is 0 Å². The molecule has 2 fully saturated rings. The minimum absolute atomic E-state index is 0.651. The van der Waals surface area contributed by atoms with Gasteiger partial charge in [0.15, 0.2) is 5.96 Å². The number of rotatable bonds is 5. The Morgan fingerprint density at radius 2 is 2.00 bits per heavy atom. The van der Waals surface area contributed by atoms with Gasteiger partial charge in [-0.25, -0.2) is 0 Å². The Balaban J connectivity index is 1.74. The zero-order valence-electron chi connectivity index (χ0n) is 10.7. The molecule has 0 amide bonds. The normalized spacial score (nSPS) is 23.4. The van der Waals surface area contributed by atoms with Gasteiger partial charge in [-0.3, -0.25) is 4.99 Å². The summed E-state index contributed by atoms with van der Waals surface area (Å²) < 4.78 is 0. The highest BCUT2D eigenvalue weighted by atomic mass is 15.2. The molecular weight excluding hydrogens is 200 g/mol. The van der Waals surface area contributed by atoms with Gasteiger partial charge in [-0.1, -0.05) is 0 Å². The van der Waals surface area contributed by atoms with Crippen LogP contribution >= 0.6 is 0 Å². The molecule has 2 aliphatic rings. The van der Waals surface area contributed by atoms with Crippen molar-refractivity contribution >= 4 is 5.96 Å². The lowest BCUT2D eigenvalue weighted by atomic mass is 10.1. The molecule has 0 saturated heterocycles. The fourth-order valence-electron chi connectivity index (χ4n) is 2.07. The van der Waals surface area contributed by atoms with Crippen LogP contribution in [0.5, 0.6) is 0 Å². The summed E-state index contributed by atoms with van der Waals surface area (Å²) in [7, 11) is 6.18. The molecule has 2 rings (SSSR count). The van der Waals surface area contributed by atoms with E-state index in [-0.39, 0.29) is 0 Å². The zero-order valence-corrected chi connectivity index (χ0v) is 10.7. The fourth-order valence-corrected chi connectivity index (χ4v) is 2.07. The van der Waals surface area contributed by atoms with Crippen molar-refractivity contribution < 1.29 is 0 Å². The third kappa shape index (κ3) is 3.37. The maximum absolute atomic E-state index is 4.26. The maximum atomic E-state index is 4.26. The molecule has 16 heavy (non-hydrogen) atoms. The number of hydrogen-bond acceptors (Lipinski definition) is 2. The predicted octanol–water partition coefficient (Wildman–Crippen LogP) is 0.654. The van der Waals surface area contributed by atoms with Crippen molar-refractivity contribution in [1.82, 2.24) is 15.5 Å². The minimum Gasteiger partial charge on any atom is -0.355 e. The topological polar surface area (TPSA) is 39.7 Å². The van der Waals surface area contributed by atoms with Gasteiger partial charge in [0.05, 0.1) is 0 Å². The van der Waals surface area contributed by atoms with Crippen molar-refractivity contribution in [3.8, 4) is 0 Å². The van der Waals surface area contributed by atoms with Gasteiger partial charge >= 0.3 is 0 Å². The number of nitrogens with zero attached hydrogens (tertiary/aromatic N) is 2. The van der Waals surface area contributed by atoms with Crippen LogP contribution in [0.25, 0.3) is 0 Å². The average molecular weight is 224 g/mol. The van der Waals surface area contributed by atoms with E-state index in [1.165, 1.54) is 25.7 Å². The Labute approximate surface area is 98.5 Å². The maximum Gasteiger partial charge on any atom is 0.191 e. The van der Waals surface area contributed by atoms with E-state index in [0.717, 1.165) is 18.4 Å². The molecule has 2 N–H and O–H groups in total. The second kappa shape index (κ2) is 5.04. The minimum atomic E-state index is 0.651. The average Bonchev–Trinajstić information content (AvgIpc) is 3.10. The summed E-state index contributed by atoms with van der Waals surface area (Å²) >= 11 is 0. The molecule has 0 aromatic rings. The number of aliphatic imine (C=N–C) groups is 1. The van der Waals surface area contributed by atoms with Crippen LogP contribution in [0.1, 0.15) is 25.7 Å². The Hall–Kier alpha value is -0.770. The van der Waals surface area contributed by atoms with Gasteiger partial charge in [0.1, 0.15) is 0 Å². The SMILES string of the molecule is CN=C(NCC(C1CC1)N(C)C)NC1CC1. The molecular formula is C12H24N4. The first-order chi connectivity index (χ1) is 7.70. The van der Waals surface area contributed by atoms with Crippen LogP contribution in [-0.4, -0.2) is 50.6 Å². The van der Waals surface area contributed by atoms with E-state index in [9.17, 15) is 0 Å². The van der Waals surface area contributed by atoms with Crippen molar-refractivity contribution in [3.63, 3.8) is 0 Å². The van der Waals surface area contributed by atoms with E-state index in [0.29, 0.717) is 12.1 Å². The van der Waals surface area contributed by atoms with E-state index in [1.54, 1.807) is 0 Å². The number of nitrogens with one attached hydrogen (secondary N) is 2. The first-order valence-electron chi connectivity index (χ1n) is 6.34. The van der Waals surface area contributed by atoms with E-state index in [4.69, 9.17) is 0 Å². The summed E-state index contributed by atoms with van der Waals surface area (Å²) in [5.41, 5.74) is 0. The molecule has 0 radical (unpaired) electrons. The number of guanidine groups is 1. The summed E-state index contributed by atoms with van der Waals surface area (Å²) in [5.74, 6) is 1.86. The van der Waals surface area contributed by atoms with Crippen LogP contribution in [0.4, 0.5) is 0 Å². The molecule has 92 valence electrons. The molecule has 0 aromatic heterocycles. The van der Waals surface area contributed by atoms with Crippen molar-refractivity contribution in [2.45, 2.75) is 37.8 Å². The predicted molar refractivity (Wildman–Crippen MR) is 67.7 cm³/mol. The molecule has 0 heterocycles.